The van der Waals surface area contributed by atoms with Gasteiger partial charge in [0.2, 0.25) is 0 Å². The van der Waals surface area contributed by atoms with Crippen molar-refractivity contribution in [2.75, 3.05) is 13.1 Å². The van der Waals surface area contributed by atoms with E-state index in [1.165, 1.54) is 11.8 Å². The van der Waals surface area contributed by atoms with Gasteiger partial charge in [-0.3, -0.25) is 9.59 Å². The molecule has 1 atom stereocenters. The van der Waals surface area contributed by atoms with Crippen LogP contribution in [0.4, 0.5) is 0 Å². The lowest BCUT2D eigenvalue weighted by Gasteiger charge is -2.37. The summed E-state index contributed by atoms with van der Waals surface area (Å²) in [4.78, 5) is 27.7. The molecule has 7 heteroatoms. The highest BCUT2D eigenvalue weighted by molar-refractivity contribution is 5.92. The van der Waals surface area contributed by atoms with E-state index in [9.17, 15) is 9.59 Å². The van der Waals surface area contributed by atoms with E-state index in [1.807, 2.05) is 36.1 Å². The Hall–Kier alpha value is -4.26. The van der Waals surface area contributed by atoms with Crippen molar-refractivity contribution in [3.63, 3.8) is 0 Å². The molecule has 1 aliphatic heterocycles. The topological polar surface area (TPSA) is 84.9 Å². The van der Waals surface area contributed by atoms with Crippen LogP contribution in [0.15, 0.2) is 81.8 Å². The highest BCUT2D eigenvalue weighted by Crippen LogP contribution is 2.38. The van der Waals surface area contributed by atoms with Crippen LogP contribution in [0.1, 0.15) is 75.4 Å². The second-order valence-corrected chi connectivity index (χ2v) is 10.4. The summed E-state index contributed by atoms with van der Waals surface area (Å²) in [5.41, 5.74) is 4.36. The monoisotopic (exact) mass is 526 g/mol. The summed E-state index contributed by atoms with van der Waals surface area (Å²) in [6.45, 7) is 7.66. The molecule has 202 valence electrons. The molecule has 4 aromatic rings. The fourth-order valence-electron chi connectivity index (χ4n) is 4.94. The van der Waals surface area contributed by atoms with E-state index >= 15 is 0 Å². The van der Waals surface area contributed by atoms with Crippen LogP contribution in [0.2, 0.25) is 0 Å². The number of benzene rings is 2. The smallest absolute Gasteiger partial charge is 0.290 e. The molecule has 2 amide bonds. The molecule has 2 aromatic carbocycles. The number of aryl methyl sites for hydroxylation is 1. The third-order valence-electron chi connectivity index (χ3n) is 6.97. The molecule has 39 heavy (non-hydrogen) atoms. The van der Waals surface area contributed by atoms with Crippen LogP contribution in [0.5, 0.6) is 5.75 Å². The van der Waals surface area contributed by atoms with Gasteiger partial charge in [0, 0.05) is 13.1 Å². The summed E-state index contributed by atoms with van der Waals surface area (Å²) >= 11 is 0. The van der Waals surface area contributed by atoms with Gasteiger partial charge in [0.05, 0.1) is 12.3 Å². The first-order valence-corrected chi connectivity index (χ1v) is 13.4. The maximum Gasteiger partial charge on any atom is 0.290 e. The molecule has 5 rings (SSSR count). The zero-order valence-corrected chi connectivity index (χ0v) is 22.6. The molecule has 0 aliphatic carbocycles. The maximum absolute atomic E-state index is 13.4. The number of carbonyl (C=O) groups is 2. The van der Waals surface area contributed by atoms with Crippen molar-refractivity contribution < 1.29 is 23.2 Å². The maximum atomic E-state index is 13.4. The van der Waals surface area contributed by atoms with Crippen LogP contribution >= 0.6 is 0 Å². The van der Waals surface area contributed by atoms with E-state index < -0.39 is 0 Å². The van der Waals surface area contributed by atoms with Crippen LogP contribution in [-0.4, -0.2) is 29.8 Å². The van der Waals surface area contributed by atoms with Gasteiger partial charge in [0.15, 0.2) is 11.5 Å². The quantitative estimate of drug-likeness (QED) is 0.276. The summed E-state index contributed by atoms with van der Waals surface area (Å²) in [5.74, 6) is 1.98. The van der Waals surface area contributed by atoms with Gasteiger partial charge in [0.25, 0.3) is 11.8 Å². The van der Waals surface area contributed by atoms with Crippen LogP contribution in [-0.2, 0) is 13.0 Å². The van der Waals surface area contributed by atoms with Crippen LogP contribution in [0.3, 0.4) is 0 Å². The first-order chi connectivity index (χ1) is 18.9. The molecule has 0 unspecified atom stereocenters. The van der Waals surface area contributed by atoms with Gasteiger partial charge in [-0.05, 0) is 78.8 Å². The van der Waals surface area contributed by atoms with Crippen molar-refractivity contribution in [1.29, 1.82) is 0 Å². The minimum absolute atomic E-state index is 0.140. The van der Waals surface area contributed by atoms with E-state index in [1.54, 1.807) is 24.3 Å². The lowest BCUT2D eigenvalue weighted by Crippen LogP contribution is -2.40. The molecule has 0 spiro atoms. The number of ether oxygens (including phenoxy) is 1. The fraction of sp³-hybridized carbons (Fsp3) is 0.312. The molecule has 2 aromatic heterocycles. The van der Waals surface area contributed by atoms with Gasteiger partial charge < -0.3 is 23.8 Å². The number of nitrogens with one attached hydrogen (secondary N) is 1. The van der Waals surface area contributed by atoms with Gasteiger partial charge >= 0.3 is 0 Å². The highest BCUT2D eigenvalue weighted by atomic mass is 16.5. The highest BCUT2D eigenvalue weighted by Gasteiger charge is 2.34. The molecular weight excluding hydrogens is 492 g/mol. The SMILES string of the molecule is Cc1cccc([C@@H]2c3cc(OCc4ccc(C(=O)NCCC(C)C)o4)ccc3CCN2C(=O)c2ccco2)c1. The number of nitrogens with zero attached hydrogens (tertiary/aromatic N) is 1. The lowest BCUT2D eigenvalue weighted by molar-refractivity contribution is 0.0661. The van der Waals surface area contributed by atoms with E-state index in [0.717, 1.165) is 29.5 Å². The molecule has 0 saturated heterocycles. The molecule has 3 heterocycles. The zero-order chi connectivity index (χ0) is 27.4. The minimum atomic E-state index is -0.278. The van der Waals surface area contributed by atoms with E-state index in [-0.39, 0.29) is 30.2 Å². The fourth-order valence-corrected chi connectivity index (χ4v) is 4.94. The molecule has 1 aliphatic rings. The van der Waals surface area contributed by atoms with Crippen molar-refractivity contribution in [3.8, 4) is 5.75 Å². The molecular formula is C32H34N2O5. The van der Waals surface area contributed by atoms with Gasteiger partial charge in [0.1, 0.15) is 18.1 Å². The first-order valence-electron chi connectivity index (χ1n) is 13.4. The van der Waals surface area contributed by atoms with E-state index in [0.29, 0.717) is 36.3 Å². The van der Waals surface area contributed by atoms with Gasteiger partial charge in [-0.15, -0.1) is 0 Å². The van der Waals surface area contributed by atoms with Crippen LogP contribution in [0.25, 0.3) is 0 Å². The van der Waals surface area contributed by atoms with Gasteiger partial charge in [-0.1, -0.05) is 49.7 Å². The second kappa shape index (κ2) is 11.6. The molecule has 1 N–H and O–H groups in total. The summed E-state index contributed by atoms with van der Waals surface area (Å²) in [5, 5.41) is 2.89. The third kappa shape index (κ3) is 6.08. The molecule has 0 radical (unpaired) electrons. The Morgan fingerprint density at radius 2 is 1.92 bits per heavy atom. The Morgan fingerprint density at radius 3 is 2.69 bits per heavy atom. The van der Waals surface area contributed by atoms with Crippen LogP contribution < -0.4 is 10.1 Å². The Labute approximate surface area is 228 Å². The van der Waals surface area contributed by atoms with Crippen molar-refractivity contribution in [2.24, 2.45) is 5.92 Å². The number of carbonyl (C=O) groups excluding carboxylic acids is 2. The molecule has 0 bridgehead atoms. The molecule has 0 fully saturated rings. The van der Waals surface area contributed by atoms with Crippen molar-refractivity contribution in [3.05, 3.63) is 113 Å². The third-order valence-corrected chi connectivity index (χ3v) is 6.97. The molecule has 7 nitrogen and oxygen atoms in total. The predicted octanol–water partition coefficient (Wildman–Crippen LogP) is 6.32. The zero-order valence-electron chi connectivity index (χ0n) is 22.6. The minimum Gasteiger partial charge on any atom is -0.486 e. The number of fused-ring (bicyclic) bond motifs is 1. The second-order valence-electron chi connectivity index (χ2n) is 10.4. The molecule has 0 saturated carbocycles. The lowest BCUT2D eigenvalue weighted by atomic mass is 9.87. The average molecular weight is 527 g/mol. The summed E-state index contributed by atoms with van der Waals surface area (Å²) in [6.07, 6.45) is 3.17. The summed E-state index contributed by atoms with van der Waals surface area (Å²) in [7, 11) is 0. The van der Waals surface area contributed by atoms with Gasteiger partial charge in [-0.2, -0.15) is 0 Å². The normalized spacial score (nSPS) is 14.8. The standard InChI is InChI=1S/C32H34N2O5/c1-21(2)13-15-33-31(35)28-12-11-26(39-28)20-38-25-10-9-23-14-16-34(32(36)29-8-5-17-37-29)30(27(23)19-25)24-7-4-6-22(3)18-24/h4-12,17-19,21,30H,13-16,20H2,1-3H3,(H,33,35)/t30-/m1/s1. The number of rotatable bonds is 9. The predicted molar refractivity (Wildman–Crippen MR) is 148 cm³/mol. The Morgan fingerprint density at radius 1 is 1.05 bits per heavy atom. The van der Waals surface area contributed by atoms with E-state index in [4.69, 9.17) is 13.6 Å². The summed E-state index contributed by atoms with van der Waals surface area (Å²) in [6, 6.07) is 20.8. The van der Waals surface area contributed by atoms with E-state index in [2.05, 4.69) is 37.4 Å². The Bertz CT molecular complexity index is 1440. The summed E-state index contributed by atoms with van der Waals surface area (Å²) < 4.78 is 17.3. The largest absolute Gasteiger partial charge is 0.486 e. The number of furan rings is 2. The number of hydrogen-bond donors (Lipinski definition) is 1. The van der Waals surface area contributed by atoms with Crippen molar-refractivity contribution in [2.45, 2.75) is 46.3 Å². The average Bonchev–Trinajstić information content (AvgIpc) is 3.63. The first kappa shape index (κ1) is 26.4. The number of hydrogen-bond acceptors (Lipinski definition) is 5. The van der Waals surface area contributed by atoms with Gasteiger partial charge in [-0.25, -0.2) is 0 Å². The Balaban J connectivity index is 1.35. The van der Waals surface area contributed by atoms with Crippen molar-refractivity contribution in [1.82, 2.24) is 10.2 Å². The number of amides is 2. The van der Waals surface area contributed by atoms with Crippen LogP contribution in [0, 0.1) is 12.8 Å². The van der Waals surface area contributed by atoms with Crippen molar-refractivity contribution >= 4 is 11.8 Å². The Kier molecular flexibility index (Phi) is 7.87.